The first kappa shape index (κ1) is 13.7. The van der Waals surface area contributed by atoms with Crippen LogP contribution in [-0.4, -0.2) is 10.9 Å². The summed E-state index contributed by atoms with van der Waals surface area (Å²) >= 11 is 3.52. The number of halogens is 1. The molecule has 0 saturated carbocycles. The molecular formula is C17H14BrN3O. The zero-order valence-corrected chi connectivity index (χ0v) is 13.8. The van der Waals surface area contributed by atoms with Crippen LogP contribution in [0.25, 0.3) is 0 Å². The molecule has 1 aromatic carbocycles. The van der Waals surface area contributed by atoms with Gasteiger partial charge >= 0.3 is 0 Å². The van der Waals surface area contributed by atoms with E-state index in [4.69, 9.17) is 9.78 Å². The molecule has 1 aromatic heterocycles. The summed E-state index contributed by atoms with van der Waals surface area (Å²) in [5.41, 5.74) is 5.37. The van der Waals surface area contributed by atoms with Gasteiger partial charge in [-0.1, -0.05) is 27.2 Å². The van der Waals surface area contributed by atoms with Crippen LogP contribution in [0, 0.1) is 23.8 Å². The Morgan fingerprint density at radius 2 is 2.27 bits per heavy atom. The summed E-state index contributed by atoms with van der Waals surface area (Å²) in [5, 5.41) is 13.3. The SMILES string of the molecule is Cc1noc2c1CC1(CC2)Cc2ccc(Br)cc2C1=NC#N. The summed E-state index contributed by atoms with van der Waals surface area (Å²) in [6.45, 7) is 1.99. The van der Waals surface area contributed by atoms with Gasteiger partial charge in [-0.25, -0.2) is 0 Å². The van der Waals surface area contributed by atoms with Crippen LogP contribution < -0.4 is 0 Å². The minimum Gasteiger partial charge on any atom is -0.361 e. The summed E-state index contributed by atoms with van der Waals surface area (Å²) in [7, 11) is 0. The highest BCUT2D eigenvalue weighted by molar-refractivity contribution is 9.10. The second-order valence-corrected chi connectivity index (χ2v) is 7.08. The maximum atomic E-state index is 9.17. The van der Waals surface area contributed by atoms with E-state index >= 15 is 0 Å². The number of aromatic nitrogens is 1. The fraction of sp³-hybridized carbons (Fsp3) is 0.353. The molecule has 1 unspecified atom stereocenters. The quantitative estimate of drug-likeness (QED) is 0.676. The third-order valence-electron chi connectivity index (χ3n) is 4.93. The molecule has 110 valence electrons. The van der Waals surface area contributed by atoms with E-state index in [-0.39, 0.29) is 5.41 Å². The van der Waals surface area contributed by atoms with E-state index in [0.29, 0.717) is 0 Å². The molecule has 5 heteroatoms. The molecule has 4 nitrogen and oxygen atoms in total. The highest BCUT2D eigenvalue weighted by Crippen LogP contribution is 2.47. The monoisotopic (exact) mass is 355 g/mol. The third kappa shape index (κ3) is 1.87. The largest absolute Gasteiger partial charge is 0.361 e. The van der Waals surface area contributed by atoms with Gasteiger partial charge in [0.15, 0.2) is 0 Å². The minimum atomic E-state index is -0.0951. The third-order valence-corrected chi connectivity index (χ3v) is 5.43. The lowest BCUT2D eigenvalue weighted by atomic mass is 9.70. The molecule has 1 heterocycles. The van der Waals surface area contributed by atoms with Gasteiger partial charge in [-0.15, -0.1) is 0 Å². The molecule has 22 heavy (non-hydrogen) atoms. The van der Waals surface area contributed by atoms with Crippen LogP contribution in [0.4, 0.5) is 0 Å². The van der Waals surface area contributed by atoms with Crippen LogP contribution in [0.15, 0.2) is 32.2 Å². The second kappa shape index (κ2) is 4.79. The predicted octanol–water partition coefficient (Wildman–Crippen LogP) is 3.75. The smallest absolute Gasteiger partial charge is 0.205 e. The molecular weight excluding hydrogens is 342 g/mol. The van der Waals surface area contributed by atoms with Crippen LogP contribution >= 0.6 is 15.9 Å². The molecule has 1 atom stereocenters. The molecule has 2 aliphatic carbocycles. The first-order valence-electron chi connectivity index (χ1n) is 7.33. The van der Waals surface area contributed by atoms with Crippen molar-refractivity contribution in [2.45, 2.75) is 32.6 Å². The zero-order valence-electron chi connectivity index (χ0n) is 12.2. The van der Waals surface area contributed by atoms with Gasteiger partial charge in [0.1, 0.15) is 5.76 Å². The number of hydrogen-bond donors (Lipinski definition) is 0. The van der Waals surface area contributed by atoms with Gasteiger partial charge in [-0.05, 0) is 43.9 Å². The van der Waals surface area contributed by atoms with E-state index in [1.807, 2.05) is 13.1 Å². The Bertz CT molecular complexity index is 846. The average Bonchev–Trinajstić information content (AvgIpc) is 3.00. The van der Waals surface area contributed by atoms with Crippen molar-refractivity contribution in [3.8, 4) is 6.19 Å². The number of aliphatic imine (C=N–C) groups is 1. The number of hydrogen-bond acceptors (Lipinski definition) is 4. The molecule has 2 aliphatic rings. The summed E-state index contributed by atoms with van der Waals surface area (Å²) < 4.78 is 6.44. The summed E-state index contributed by atoms with van der Waals surface area (Å²) in [6.07, 6.45) is 5.59. The molecule has 0 radical (unpaired) electrons. The van der Waals surface area contributed by atoms with Gasteiger partial charge in [0.2, 0.25) is 6.19 Å². The fourth-order valence-corrected chi connectivity index (χ4v) is 4.24. The van der Waals surface area contributed by atoms with Crippen molar-refractivity contribution >= 4 is 21.6 Å². The van der Waals surface area contributed by atoms with E-state index in [2.05, 4.69) is 44.3 Å². The van der Waals surface area contributed by atoms with Gasteiger partial charge in [0.25, 0.3) is 0 Å². The van der Waals surface area contributed by atoms with Crippen LogP contribution in [-0.2, 0) is 19.3 Å². The Labute approximate surface area is 137 Å². The highest BCUT2D eigenvalue weighted by atomic mass is 79.9. The van der Waals surface area contributed by atoms with E-state index < -0.39 is 0 Å². The van der Waals surface area contributed by atoms with Crippen molar-refractivity contribution in [1.82, 2.24) is 5.16 Å². The predicted molar refractivity (Wildman–Crippen MR) is 85.7 cm³/mol. The topological polar surface area (TPSA) is 62.2 Å². The lowest BCUT2D eigenvalue weighted by Crippen LogP contribution is -2.35. The van der Waals surface area contributed by atoms with Crippen LogP contribution in [0.1, 0.15) is 34.6 Å². The average molecular weight is 356 g/mol. The summed E-state index contributed by atoms with van der Waals surface area (Å²) in [6, 6.07) is 6.27. The molecule has 4 rings (SSSR count). The first-order chi connectivity index (χ1) is 10.6. The number of aryl methyl sites for hydroxylation is 2. The molecule has 0 N–H and O–H groups in total. The van der Waals surface area contributed by atoms with Crippen molar-refractivity contribution in [3.63, 3.8) is 0 Å². The second-order valence-electron chi connectivity index (χ2n) is 6.17. The number of fused-ring (bicyclic) bond motifs is 2. The summed E-state index contributed by atoms with van der Waals surface area (Å²) in [5.74, 6) is 0.997. The number of nitriles is 1. The van der Waals surface area contributed by atoms with Crippen molar-refractivity contribution < 1.29 is 4.52 Å². The maximum absolute atomic E-state index is 9.17. The number of benzene rings is 1. The Hall–Kier alpha value is -1.93. The molecule has 0 amide bonds. The minimum absolute atomic E-state index is 0.0951. The van der Waals surface area contributed by atoms with Crippen molar-refractivity contribution in [3.05, 3.63) is 50.8 Å². The van der Waals surface area contributed by atoms with Gasteiger partial charge in [0.05, 0.1) is 11.4 Å². The first-order valence-corrected chi connectivity index (χ1v) is 8.12. The zero-order chi connectivity index (χ0) is 15.3. The van der Waals surface area contributed by atoms with Crippen molar-refractivity contribution in [1.29, 1.82) is 5.26 Å². The van der Waals surface area contributed by atoms with Crippen molar-refractivity contribution in [2.24, 2.45) is 10.4 Å². The van der Waals surface area contributed by atoms with E-state index in [1.165, 1.54) is 11.1 Å². The van der Waals surface area contributed by atoms with Crippen LogP contribution in [0.3, 0.4) is 0 Å². The van der Waals surface area contributed by atoms with Gasteiger partial charge in [0, 0.05) is 27.4 Å². The van der Waals surface area contributed by atoms with Gasteiger partial charge < -0.3 is 4.52 Å². The van der Waals surface area contributed by atoms with Gasteiger partial charge in [-0.2, -0.15) is 10.3 Å². The lowest BCUT2D eigenvalue weighted by molar-refractivity contribution is 0.316. The standard InChI is InChI=1S/C17H14BrN3O/c1-10-14-8-17(5-4-15(14)22-21-10)7-11-2-3-12(18)6-13(11)16(17)20-9-19/h2-3,6H,4-5,7-8H2,1H3. The lowest BCUT2D eigenvalue weighted by Gasteiger charge is -2.32. The number of nitrogens with zero attached hydrogens (tertiary/aromatic N) is 3. The Kier molecular flexibility index (Phi) is 2.98. The molecule has 1 spiro atoms. The van der Waals surface area contributed by atoms with Crippen LogP contribution in [0.2, 0.25) is 0 Å². The Balaban J connectivity index is 1.85. The molecule has 2 aromatic rings. The number of rotatable bonds is 0. The molecule has 0 saturated heterocycles. The van der Waals surface area contributed by atoms with Gasteiger partial charge in [-0.3, -0.25) is 0 Å². The van der Waals surface area contributed by atoms with E-state index in [1.54, 1.807) is 0 Å². The van der Waals surface area contributed by atoms with Crippen molar-refractivity contribution in [2.75, 3.05) is 0 Å². The fourth-order valence-electron chi connectivity index (χ4n) is 3.88. The Morgan fingerprint density at radius 3 is 3.09 bits per heavy atom. The molecule has 0 aliphatic heterocycles. The summed E-state index contributed by atoms with van der Waals surface area (Å²) in [4.78, 5) is 4.22. The highest BCUT2D eigenvalue weighted by Gasteiger charge is 2.47. The maximum Gasteiger partial charge on any atom is 0.205 e. The normalized spacial score (nSPS) is 24.3. The molecule has 0 bridgehead atoms. The Morgan fingerprint density at radius 1 is 1.41 bits per heavy atom. The van der Waals surface area contributed by atoms with Crippen LogP contribution in [0.5, 0.6) is 0 Å². The van der Waals surface area contributed by atoms with E-state index in [9.17, 15) is 0 Å². The molecule has 0 fully saturated rings. The van der Waals surface area contributed by atoms with E-state index in [0.717, 1.165) is 52.9 Å².